The normalized spacial score (nSPS) is 17.6. The van der Waals surface area contributed by atoms with Crippen molar-refractivity contribution >= 4 is 27.9 Å². The van der Waals surface area contributed by atoms with E-state index in [0.717, 1.165) is 34.6 Å². The third kappa shape index (κ3) is 10.5. The maximum atomic E-state index is 13.7. The van der Waals surface area contributed by atoms with Gasteiger partial charge in [0.15, 0.2) is 6.29 Å². The van der Waals surface area contributed by atoms with Gasteiger partial charge in [-0.1, -0.05) is 86.7 Å². The zero-order valence-electron chi connectivity index (χ0n) is 23.5. The van der Waals surface area contributed by atoms with Crippen LogP contribution in [0.1, 0.15) is 57.1 Å². The molecule has 1 fully saturated rings. The number of hydroxylamine groups is 1. The molecule has 3 atom stereocenters. The fourth-order valence-corrected chi connectivity index (χ4v) is 5.17. The molecule has 3 rings (SSSR count). The van der Waals surface area contributed by atoms with Crippen LogP contribution in [0.5, 0.6) is 0 Å². The molecule has 2 aromatic carbocycles. The molecule has 1 unspecified atom stereocenters. The van der Waals surface area contributed by atoms with Crippen LogP contribution in [0.25, 0.3) is 6.08 Å². The highest BCUT2D eigenvalue weighted by Gasteiger charge is 2.36. The molecule has 0 saturated carbocycles. The Kier molecular flexibility index (Phi) is 12.3. The molecule has 0 bridgehead atoms. The number of sulfonamides is 1. The van der Waals surface area contributed by atoms with Crippen LogP contribution >= 0.6 is 0 Å². The van der Waals surface area contributed by atoms with Crippen molar-refractivity contribution in [2.45, 2.75) is 58.8 Å². The highest BCUT2D eigenvalue weighted by Crippen LogP contribution is 2.26. The molecule has 40 heavy (non-hydrogen) atoms. The van der Waals surface area contributed by atoms with Crippen molar-refractivity contribution < 1.29 is 27.6 Å². The number of nitrogens with zero attached hydrogens (tertiary/aromatic N) is 1. The topological polar surface area (TPSA) is 114 Å². The van der Waals surface area contributed by atoms with Gasteiger partial charge < -0.3 is 4.74 Å². The van der Waals surface area contributed by atoms with Gasteiger partial charge in [0, 0.05) is 13.0 Å². The van der Waals surface area contributed by atoms with Crippen LogP contribution < -0.4 is 10.9 Å². The number of rotatable bonds is 14. The summed E-state index contributed by atoms with van der Waals surface area (Å²) < 4.78 is 31.7. The van der Waals surface area contributed by atoms with E-state index in [9.17, 15) is 18.0 Å². The van der Waals surface area contributed by atoms with E-state index in [4.69, 9.17) is 9.57 Å². The summed E-state index contributed by atoms with van der Waals surface area (Å²) in [6.45, 7) is 4.44. The predicted molar refractivity (Wildman–Crippen MR) is 154 cm³/mol. The summed E-state index contributed by atoms with van der Waals surface area (Å²) in [6.07, 6.45) is 7.41. The molecule has 2 aromatic rings. The van der Waals surface area contributed by atoms with Crippen LogP contribution in [-0.2, 0) is 35.7 Å². The van der Waals surface area contributed by atoms with E-state index in [1.807, 2.05) is 62.4 Å². The zero-order chi connectivity index (χ0) is 29.0. The quantitative estimate of drug-likeness (QED) is 0.324. The van der Waals surface area contributed by atoms with Gasteiger partial charge in [0.25, 0.3) is 0 Å². The van der Waals surface area contributed by atoms with E-state index in [1.54, 1.807) is 24.3 Å². The smallest absolute Gasteiger partial charge is 0.247 e. The standard InChI is InChI=1S/C30H41N3O6S/c1-23(2)21-27(29(34)31-33(40(3,36)37)22-25-15-8-5-9-16-25)26(18-12-17-24-13-6-4-7-14-24)30(35)32-39-28-19-10-11-20-38-28/h4-9,12-17,23,26-28H,10-11,18-22H2,1-3H3,(H,31,34)(H,32,35)/t26-,27?,28+/m1/s1. The van der Waals surface area contributed by atoms with Gasteiger partial charge >= 0.3 is 0 Å². The Hall–Kier alpha value is -3.05. The Morgan fingerprint density at radius 2 is 1.70 bits per heavy atom. The number of hydrogen-bond donors (Lipinski definition) is 2. The molecule has 10 heteroatoms. The maximum absolute atomic E-state index is 13.7. The minimum absolute atomic E-state index is 0.0350. The highest BCUT2D eigenvalue weighted by atomic mass is 32.2. The van der Waals surface area contributed by atoms with E-state index in [2.05, 4.69) is 10.9 Å². The SMILES string of the molecule is CC(C)CC(C(=O)NN(Cc1ccccc1)S(C)(=O)=O)[C@@H](CC=Cc1ccccc1)C(=O)NO[C@H]1CCCCO1. The van der Waals surface area contributed by atoms with Crippen LogP contribution in [0.2, 0.25) is 0 Å². The van der Waals surface area contributed by atoms with Crippen molar-refractivity contribution in [3.8, 4) is 0 Å². The lowest BCUT2D eigenvalue weighted by Crippen LogP contribution is -2.50. The van der Waals surface area contributed by atoms with Crippen molar-refractivity contribution in [2.75, 3.05) is 12.9 Å². The maximum Gasteiger partial charge on any atom is 0.247 e. The lowest BCUT2D eigenvalue weighted by Gasteiger charge is -2.30. The fraction of sp³-hybridized carbons (Fsp3) is 0.467. The summed E-state index contributed by atoms with van der Waals surface area (Å²) in [4.78, 5) is 32.8. The van der Waals surface area contributed by atoms with Crippen LogP contribution in [0, 0.1) is 17.8 Å². The molecule has 1 aliphatic heterocycles. The first-order valence-electron chi connectivity index (χ1n) is 13.7. The largest absolute Gasteiger partial charge is 0.350 e. The first kappa shape index (κ1) is 31.5. The van der Waals surface area contributed by atoms with E-state index < -0.39 is 40.0 Å². The van der Waals surface area contributed by atoms with E-state index in [1.165, 1.54) is 0 Å². The summed E-state index contributed by atoms with van der Waals surface area (Å²) in [5, 5.41) is 0. The molecule has 0 radical (unpaired) electrons. The molecule has 0 aromatic heterocycles. The summed E-state index contributed by atoms with van der Waals surface area (Å²) >= 11 is 0. The lowest BCUT2D eigenvalue weighted by atomic mass is 9.82. The number of amides is 2. The Balaban J connectivity index is 1.83. The van der Waals surface area contributed by atoms with Gasteiger partial charge in [-0.2, -0.15) is 0 Å². The minimum Gasteiger partial charge on any atom is -0.350 e. The molecule has 2 amide bonds. The third-order valence-corrected chi connectivity index (χ3v) is 7.64. The molecule has 1 saturated heterocycles. The molecule has 1 aliphatic rings. The Labute approximate surface area is 237 Å². The van der Waals surface area contributed by atoms with Crippen LogP contribution in [0.3, 0.4) is 0 Å². The lowest BCUT2D eigenvalue weighted by molar-refractivity contribution is -0.203. The van der Waals surface area contributed by atoms with Gasteiger partial charge in [-0.3, -0.25) is 15.0 Å². The fourth-order valence-electron chi connectivity index (χ4n) is 4.53. The summed E-state index contributed by atoms with van der Waals surface area (Å²) in [5.41, 5.74) is 6.80. The number of hydrazine groups is 1. The number of carbonyl (C=O) groups is 2. The first-order chi connectivity index (χ1) is 19.1. The molecular formula is C30H41N3O6S. The Bertz CT molecular complexity index is 1200. The van der Waals surface area contributed by atoms with Crippen LogP contribution in [-0.4, -0.2) is 43.8 Å². The van der Waals surface area contributed by atoms with E-state index >= 15 is 0 Å². The van der Waals surface area contributed by atoms with Gasteiger partial charge in [-0.05, 0) is 42.7 Å². The van der Waals surface area contributed by atoms with Gasteiger partial charge in [0.05, 0.1) is 24.6 Å². The second-order valence-corrected chi connectivity index (χ2v) is 12.4. The third-order valence-electron chi connectivity index (χ3n) is 6.62. The van der Waals surface area contributed by atoms with Crippen molar-refractivity contribution in [3.05, 3.63) is 77.9 Å². The second-order valence-electron chi connectivity index (χ2n) is 10.5. The van der Waals surface area contributed by atoms with Gasteiger partial charge in [0.1, 0.15) is 0 Å². The second kappa shape index (κ2) is 15.7. The summed E-state index contributed by atoms with van der Waals surface area (Å²) in [7, 11) is -3.80. The van der Waals surface area contributed by atoms with Gasteiger partial charge in [-0.25, -0.2) is 18.7 Å². The van der Waals surface area contributed by atoms with Crippen molar-refractivity contribution in [1.29, 1.82) is 0 Å². The monoisotopic (exact) mass is 571 g/mol. The van der Waals surface area contributed by atoms with E-state index in [-0.39, 0.29) is 18.9 Å². The van der Waals surface area contributed by atoms with Crippen molar-refractivity contribution in [1.82, 2.24) is 15.3 Å². The van der Waals surface area contributed by atoms with Crippen LogP contribution in [0.4, 0.5) is 0 Å². The molecular weight excluding hydrogens is 530 g/mol. The van der Waals surface area contributed by atoms with Gasteiger partial charge in [0.2, 0.25) is 21.8 Å². The van der Waals surface area contributed by atoms with Crippen LogP contribution in [0.15, 0.2) is 66.7 Å². The molecule has 218 valence electrons. The zero-order valence-corrected chi connectivity index (χ0v) is 24.3. The number of carbonyl (C=O) groups excluding carboxylic acids is 2. The Morgan fingerprint density at radius 3 is 2.30 bits per heavy atom. The number of benzene rings is 2. The molecule has 0 spiro atoms. The molecule has 1 heterocycles. The predicted octanol–water partition coefficient (Wildman–Crippen LogP) is 4.44. The number of ether oxygens (including phenoxy) is 1. The van der Waals surface area contributed by atoms with Gasteiger partial charge in [-0.15, -0.1) is 4.41 Å². The van der Waals surface area contributed by atoms with Crippen molar-refractivity contribution in [3.63, 3.8) is 0 Å². The summed E-state index contributed by atoms with van der Waals surface area (Å²) in [5.74, 6) is -2.58. The highest BCUT2D eigenvalue weighted by molar-refractivity contribution is 7.88. The number of nitrogens with one attached hydrogen (secondary N) is 2. The molecule has 0 aliphatic carbocycles. The number of allylic oxidation sites excluding steroid dienone is 1. The minimum atomic E-state index is -3.80. The Morgan fingerprint density at radius 1 is 1.02 bits per heavy atom. The molecule has 9 nitrogen and oxygen atoms in total. The number of hydrogen-bond acceptors (Lipinski definition) is 6. The van der Waals surface area contributed by atoms with E-state index in [0.29, 0.717) is 19.4 Å². The first-order valence-corrected chi connectivity index (χ1v) is 15.6. The van der Waals surface area contributed by atoms with Crippen molar-refractivity contribution in [2.24, 2.45) is 17.8 Å². The molecule has 2 N–H and O–H groups in total. The average molecular weight is 572 g/mol. The summed E-state index contributed by atoms with van der Waals surface area (Å²) in [6, 6.07) is 18.6. The average Bonchev–Trinajstić information content (AvgIpc) is 2.94.